The van der Waals surface area contributed by atoms with Crippen molar-refractivity contribution in [2.24, 2.45) is 0 Å². The van der Waals surface area contributed by atoms with Gasteiger partial charge in [0.2, 0.25) is 0 Å². The zero-order chi connectivity index (χ0) is 14.0. The summed E-state index contributed by atoms with van der Waals surface area (Å²) >= 11 is 0. The number of aromatic nitrogens is 2. The SMILES string of the molecule is Cc1cncc(C2CCN(S(=O)(=O)N(C)C)CC2)n1. The lowest BCUT2D eigenvalue weighted by atomic mass is 9.95. The summed E-state index contributed by atoms with van der Waals surface area (Å²) < 4.78 is 26.8. The molecule has 1 fully saturated rings. The Morgan fingerprint density at radius 2 is 1.89 bits per heavy atom. The van der Waals surface area contributed by atoms with Crippen molar-refractivity contribution in [2.75, 3.05) is 27.2 Å². The van der Waals surface area contributed by atoms with Gasteiger partial charge in [-0.25, -0.2) is 0 Å². The van der Waals surface area contributed by atoms with E-state index >= 15 is 0 Å². The molecule has 0 saturated carbocycles. The highest BCUT2D eigenvalue weighted by Gasteiger charge is 2.30. The number of hydrogen-bond acceptors (Lipinski definition) is 4. The highest BCUT2D eigenvalue weighted by atomic mass is 32.2. The molecule has 1 aromatic rings. The van der Waals surface area contributed by atoms with E-state index in [2.05, 4.69) is 9.97 Å². The van der Waals surface area contributed by atoms with E-state index in [4.69, 9.17) is 0 Å². The second-order valence-electron chi connectivity index (χ2n) is 5.05. The summed E-state index contributed by atoms with van der Waals surface area (Å²) in [6.45, 7) is 3.00. The molecule has 0 atom stereocenters. The minimum atomic E-state index is -3.28. The van der Waals surface area contributed by atoms with E-state index in [0.717, 1.165) is 24.2 Å². The van der Waals surface area contributed by atoms with Crippen molar-refractivity contribution in [1.29, 1.82) is 0 Å². The van der Waals surface area contributed by atoms with Gasteiger partial charge in [0.15, 0.2) is 0 Å². The summed E-state index contributed by atoms with van der Waals surface area (Å²) in [5.74, 6) is 0.306. The average molecular weight is 284 g/mol. The van der Waals surface area contributed by atoms with Crippen LogP contribution in [0.3, 0.4) is 0 Å². The lowest BCUT2D eigenvalue weighted by molar-refractivity contribution is 0.299. The Morgan fingerprint density at radius 1 is 1.26 bits per heavy atom. The summed E-state index contributed by atoms with van der Waals surface area (Å²) in [5.41, 5.74) is 1.88. The topological polar surface area (TPSA) is 66.4 Å². The van der Waals surface area contributed by atoms with Crippen LogP contribution in [0.25, 0.3) is 0 Å². The molecule has 6 nitrogen and oxygen atoms in total. The number of aryl methyl sites for hydroxylation is 1. The summed E-state index contributed by atoms with van der Waals surface area (Å²) in [4.78, 5) is 8.63. The van der Waals surface area contributed by atoms with Crippen LogP contribution in [0, 0.1) is 6.92 Å². The van der Waals surface area contributed by atoms with E-state index < -0.39 is 10.2 Å². The van der Waals surface area contributed by atoms with Crippen LogP contribution in [0.5, 0.6) is 0 Å². The second-order valence-corrected chi connectivity index (χ2v) is 7.19. The molecule has 1 aliphatic rings. The molecule has 0 bridgehead atoms. The Kier molecular flexibility index (Phi) is 4.17. The molecule has 0 amide bonds. The lowest BCUT2D eigenvalue weighted by Gasteiger charge is -2.32. The van der Waals surface area contributed by atoms with Crippen molar-refractivity contribution in [3.05, 3.63) is 23.8 Å². The fraction of sp³-hybridized carbons (Fsp3) is 0.667. The van der Waals surface area contributed by atoms with Gasteiger partial charge in [0.1, 0.15) is 0 Å². The summed E-state index contributed by atoms with van der Waals surface area (Å²) in [6.07, 6.45) is 5.11. The van der Waals surface area contributed by atoms with Crippen LogP contribution in [0.4, 0.5) is 0 Å². The Labute approximate surface area is 114 Å². The Bertz CT molecular complexity index is 536. The maximum absolute atomic E-state index is 12.0. The molecule has 0 radical (unpaired) electrons. The molecule has 106 valence electrons. The van der Waals surface area contributed by atoms with E-state index in [0.29, 0.717) is 19.0 Å². The molecule has 1 aromatic heterocycles. The summed E-state index contributed by atoms with van der Waals surface area (Å²) in [7, 11) is -0.157. The standard InChI is InChI=1S/C12H20N4O2S/c1-10-8-13-9-12(14-10)11-4-6-16(7-5-11)19(17,18)15(2)3/h8-9,11H,4-7H2,1-3H3. The number of hydrogen-bond donors (Lipinski definition) is 0. The van der Waals surface area contributed by atoms with Gasteiger partial charge in [0, 0.05) is 45.5 Å². The first-order chi connectivity index (χ1) is 8.91. The van der Waals surface area contributed by atoms with Crippen molar-refractivity contribution in [3.63, 3.8) is 0 Å². The molecule has 2 heterocycles. The van der Waals surface area contributed by atoms with Gasteiger partial charge >= 0.3 is 0 Å². The van der Waals surface area contributed by atoms with Gasteiger partial charge in [0.25, 0.3) is 10.2 Å². The quantitative estimate of drug-likeness (QED) is 0.822. The number of nitrogens with zero attached hydrogens (tertiary/aromatic N) is 4. The highest BCUT2D eigenvalue weighted by molar-refractivity contribution is 7.86. The lowest BCUT2D eigenvalue weighted by Crippen LogP contribution is -2.44. The van der Waals surface area contributed by atoms with E-state index in [-0.39, 0.29) is 0 Å². The molecule has 19 heavy (non-hydrogen) atoms. The van der Waals surface area contributed by atoms with Gasteiger partial charge in [-0.1, -0.05) is 0 Å². The maximum Gasteiger partial charge on any atom is 0.281 e. The van der Waals surface area contributed by atoms with Crippen molar-refractivity contribution in [2.45, 2.75) is 25.7 Å². The zero-order valence-corrected chi connectivity index (χ0v) is 12.4. The van der Waals surface area contributed by atoms with Gasteiger partial charge in [0.05, 0.1) is 11.4 Å². The zero-order valence-electron chi connectivity index (χ0n) is 11.6. The molecule has 0 N–H and O–H groups in total. The van der Waals surface area contributed by atoms with Crippen LogP contribution < -0.4 is 0 Å². The van der Waals surface area contributed by atoms with Crippen LogP contribution in [-0.2, 0) is 10.2 Å². The molecule has 2 rings (SSSR count). The fourth-order valence-electron chi connectivity index (χ4n) is 2.29. The first-order valence-electron chi connectivity index (χ1n) is 6.37. The second kappa shape index (κ2) is 5.52. The molecule has 7 heteroatoms. The van der Waals surface area contributed by atoms with E-state index in [1.165, 1.54) is 8.61 Å². The van der Waals surface area contributed by atoms with E-state index in [1.54, 1.807) is 26.5 Å². The fourth-order valence-corrected chi connectivity index (χ4v) is 3.43. The number of rotatable bonds is 3. The maximum atomic E-state index is 12.0. The molecule has 0 spiro atoms. The molecular formula is C12H20N4O2S. The molecule has 0 unspecified atom stereocenters. The van der Waals surface area contributed by atoms with Crippen LogP contribution in [0.1, 0.15) is 30.1 Å². The van der Waals surface area contributed by atoms with Gasteiger partial charge < -0.3 is 0 Å². The van der Waals surface area contributed by atoms with Crippen molar-refractivity contribution < 1.29 is 8.42 Å². The first-order valence-corrected chi connectivity index (χ1v) is 7.77. The molecule has 0 aromatic carbocycles. The smallest absolute Gasteiger partial charge is 0.261 e. The number of piperidine rings is 1. The first kappa shape index (κ1) is 14.4. The van der Waals surface area contributed by atoms with Crippen molar-refractivity contribution in [1.82, 2.24) is 18.6 Å². The van der Waals surface area contributed by atoms with Crippen LogP contribution in [0.2, 0.25) is 0 Å². The van der Waals surface area contributed by atoms with Gasteiger partial charge in [-0.3, -0.25) is 9.97 Å². The third kappa shape index (κ3) is 3.10. The van der Waals surface area contributed by atoms with Crippen LogP contribution in [0.15, 0.2) is 12.4 Å². The monoisotopic (exact) mass is 284 g/mol. The normalized spacial score (nSPS) is 18.9. The highest BCUT2D eigenvalue weighted by Crippen LogP contribution is 2.27. The van der Waals surface area contributed by atoms with E-state index in [9.17, 15) is 8.42 Å². The Hall–Kier alpha value is -1.05. The minimum absolute atomic E-state index is 0.306. The molecule has 1 aliphatic heterocycles. The van der Waals surface area contributed by atoms with Crippen molar-refractivity contribution >= 4 is 10.2 Å². The minimum Gasteiger partial charge on any atom is -0.261 e. The van der Waals surface area contributed by atoms with Crippen molar-refractivity contribution in [3.8, 4) is 0 Å². The molecule has 1 saturated heterocycles. The summed E-state index contributed by atoms with van der Waals surface area (Å²) in [6, 6.07) is 0. The average Bonchev–Trinajstić information content (AvgIpc) is 2.38. The third-order valence-corrected chi connectivity index (χ3v) is 5.37. The Balaban J connectivity index is 2.04. The predicted molar refractivity (Wildman–Crippen MR) is 72.9 cm³/mol. The predicted octanol–water partition coefficient (Wildman–Crippen LogP) is 0.771. The van der Waals surface area contributed by atoms with Gasteiger partial charge in [-0.05, 0) is 19.8 Å². The van der Waals surface area contributed by atoms with Gasteiger partial charge in [-0.2, -0.15) is 17.0 Å². The molecular weight excluding hydrogens is 264 g/mol. The van der Waals surface area contributed by atoms with E-state index in [1.807, 2.05) is 6.92 Å². The largest absolute Gasteiger partial charge is 0.281 e. The summed E-state index contributed by atoms with van der Waals surface area (Å²) in [5, 5.41) is 0. The third-order valence-electron chi connectivity index (χ3n) is 3.43. The van der Waals surface area contributed by atoms with Crippen LogP contribution >= 0.6 is 0 Å². The molecule has 0 aliphatic carbocycles. The Morgan fingerprint density at radius 3 is 2.42 bits per heavy atom. The van der Waals surface area contributed by atoms with Crippen LogP contribution in [-0.4, -0.2) is 54.2 Å². The van der Waals surface area contributed by atoms with Gasteiger partial charge in [-0.15, -0.1) is 0 Å².